The van der Waals surface area contributed by atoms with Crippen LogP contribution in [0.25, 0.3) is 0 Å². The second kappa shape index (κ2) is 6.29. The van der Waals surface area contributed by atoms with Gasteiger partial charge < -0.3 is 20.5 Å². The van der Waals surface area contributed by atoms with Gasteiger partial charge in [0.1, 0.15) is 17.2 Å². The predicted molar refractivity (Wildman–Crippen MR) is 78.3 cm³/mol. The molecule has 0 unspecified atom stereocenters. The monoisotopic (exact) mass is 294 g/mol. The standard InChI is InChI=1S/C13H15ClN4O2/c1-19-9-4-3-8(5-10(9)20-2)6-16-13-11(14)12(15)17-7-18-13/h3-5,7H,6H2,1-2H3,(H3,15,16,17,18). The quantitative estimate of drug-likeness (QED) is 0.881. The molecule has 0 atom stereocenters. The van der Waals surface area contributed by atoms with E-state index in [4.69, 9.17) is 26.8 Å². The number of nitrogen functional groups attached to an aromatic ring is 1. The molecule has 1 heterocycles. The van der Waals surface area contributed by atoms with E-state index in [2.05, 4.69) is 15.3 Å². The topological polar surface area (TPSA) is 82.3 Å². The van der Waals surface area contributed by atoms with Crippen LogP contribution in [0.4, 0.5) is 11.6 Å². The molecular weight excluding hydrogens is 280 g/mol. The van der Waals surface area contributed by atoms with Gasteiger partial charge in [-0.3, -0.25) is 0 Å². The summed E-state index contributed by atoms with van der Waals surface area (Å²) < 4.78 is 10.4. The van der Waals surface area contributed by atoms with Crippen LogP contribution < -0.4 is 20.5 Å². The lowest BCUT2D eigenvalue weighted by atomic mass is 10.2. The van der Waals surface area contributed by atoms with Crippen molar-refractivity contribution >= 4 is 23.2 Å². The van der Waals surface area contributed by atoms with Crippen LogP contribution in [0, 0.1) is 0 Å². The highest BCUT2D eigenvalue weighted by Crippen LogP contribution is 2.28. The first-order chi connectivity index (χ1) is 9.65. The lowest BCUT2D eigenvalue weighted by Crippen LogP contribution is -2.04. The number of hydrogen-bond donors (Lipinski definition) is 2. The summed E-state index contributed by atoms with van der Waals surface area (Å²) in [6.07, 6.45) is 1.36. The summed E-state index contributed by atoms with van der Waals surface area (Å²) in [4.78, 5) is 7.84. The van der Waals surface area contributed by atoms with E-state index in [1.54, 1.807) is 14.2 Å². The molecule has 1 aromatic heterocycles. The Balaban J connectivity index is 2.13. The summed E-state index contributed by atoms with van der Waals surface area (Å²) in [5, 5.41) is 3.41. The molecule has 0 aliphatic carbocycles. The smallest absolute Gasteiger partial charge is 0.161 e. The summed E-state index contributed by atoms with van der Waals surface area (Å²) in [6.45, 7) is 0.524. The minimum Gasteiger partial charge on any atom is -0.493 e. The van der Waals surface area contributed by atoms with Crippen LogP contribution >= 0.6 is 11.6 Å². The third kappa shape index (κ3) is 3.03. The van der Waals surface area contributed by atoms with Gasteiger partial charge in [-0.1, -0.05) is 17.7 Å². The van der Waals surface area contributed by atoms with E-state index in [9.17, 15) is 0 Å². The molecule has 20 heavy (non-hydrogen) atoms. The maximum absolute atomic E-state index is 6.01. The van der Waals surface area contributed by atoms with Crippen molar-refractivity contribution in [2.45, 2.75) is 6.54 Å². The minimum atomic E-state index is 0.247. The van der Waals surface area contributed by atoms with Gasteiger partial charge in [-0.25, -0.2) is 9.97 Å². The molecule has 2 rings (SSSR count). The third-order valence-corrected chi connectivity index (χ3v) is 3.10. The number of halogens is 1. The fourth-order valence-corrected chi connectivity index (χ4v) is 1.85. The summed E-state index contributed by atoms with van der Waals surface area (Å²) in [7, 11) is 3.19. The molecule has 1 aromatic carbocycles. The molecule has 0 aliphatic heterocycles. The zero-order chi connectivity index (χ0) is 14.5. The Kier molecular flexibility index (Phi) is 4.47. The fraction of sp³-hybridized carbons (Fsp3) is 0.231. The number of nitrogens with zero attached hydrogens (tertiary/aromatic N) is 2. The number of ether oxygens (including phenoxy) is 2. The molecule has 0 radical (unpaired) electrons. The molecule has 7 heteroatoms. The first-order valence-corrected chi connectivity index (χ1v) is 6.24. The van der Waals surface area contributed by atoms with Gasteiger partial charge >= 0.3 is 0 Å². The number of aromatic nitrogens is 2. The first kappa shape index (κ1) is 14.2. The molecule has 0 aliphatic rings. The van der Waals surface area contributed by atoms with Gasteiger partial charge in [0.2, 0.25) is 0 Å². The van der Waals surface area contributed by atoms with Crippen LogP contribution in [0.15, 0.2) is 24.5 Å². The van der Waals surface area contributed by atoms with Crippen molar-refractivity contribution in [2.75, 3.05) is 25.3 Å². The van der Waals surface area contributed by atoms with Gasteiger partial charge in [0, 0.05) is 6.54 Å². The SMILES string of the molecule is COc1ccc(CNc2ncnc(N)c2Cl)cc1OC. The Morgan fingerprint density at radius 3 is 2.65 bits per heavy atom. The van der Waals surface area contributed by atoms with Crippen LogP contribution in [0.3, 0.4) is 0 Å². The van der Waals surface area contributed by atoms with E-state index < -0.39 is 0 Å². The van der Waals surface area contributed by atoms with Gasteiger partial charge in [0.05, 0.1) is 14.2 Å². The normalized spacial score (nSPS) is 10.2. The zero-order valence-electron chi connectivity index (χ0n) is 11.2. The van der Waals surface area contributed by atoms with Crippen molar-refractivity contribution in [3.63, 3.8) is 0 Å². The number of rotatable bonds is 5. The van der Waals surface area contributed by atoms with Gasteiger partial charge in [-0.15, -0.1) is 0 Å². The first-order valence-electron chi connectivity index (χ1n) is 5.86. The average molecular weight is 295 g/mol. The number of hydrogen-bond acceptors (Lipinski definition) is 6. The van der Waals surface area contributed by atoms with E-state index in [0.29, 0.717) is 28.9 Å². The molecular formula is C13H15ClN4O2. The Labute approximate surface area is 121 Å². The van der Waals surface area contributed by atoms with Crippen LogP contribution in [-0.4, -0.2) is 24.2 Å². The second-order valence-corrected chi connectivity index (χ2v) is 4.34. The molecule has 0 amide bonds. The molecule has 2 aromatic rings. The maximum atomic E-state index is 6.01. The van der Waals surface area contributed by atoms with Crippen molar-refractivity contribution in [3.05, 3.63) is 35.1 Å². The maximum Gasteiger partial charge on any atom is 0.161 e. The Hall–Kier alpha value is -2.21. The number of anilines is 2. The van der Waals surface area contributed by atoms with Gasteiger partial charge in [-0.05, 0) is 17.7 Å². The van der Waals surface area contributed by atoms with E-state index in [-0.39, 0.29) is 5.82 Å². The Morgan fingerprint density at radius 1 is 1.20 bits per heavy atom. The lowest BCUT2D eigenvalue weighted by molar-refractivity contribution is 0.354. The van der Waals surface area contributed by atoms with Crippen LogP contribution in [0.5, 0.6) is 11.5 Å². The highest BCUT2D eigenvalue weighted by atomic mass is 35.5. The average Bonchev–Trinajstić information content (AvgIpc) is 2.48. The molecule has 6 nitrogen and oxygen atoms in total. The molecule has 0 saturated heterocycles. The van der Waals surface area contributed by atoms with E-state index in [1.807, 2.05) is 18.2 Å². The lowest BCUT2D eigenvalue weighted by Gasteiger charge is -2.11. The molecule has 3 N–H and O–H groups in total. The minimum absolute atomic E-state index is 0.247. The highest BCUT2D eigenvalue weighted by Gasteiger charge is 2.08. The third-order valence-electron chi connectivity index (χ3n) is 2.72. The van der Waals surface area contributed by atoms with Crippen LogP contribution in [0.1, 0.15) is 5.56 Å². The Morgan fingerprint density at radius 2 is 1.95 bits per heavy atom. The van der Waals surface area contributed by atoms with Crippen molar-refractivity contribution in [1.82, 2.24) is 9.97 Å². The van der Waals surface area contributed by atoms with Crippen molar-refractivity contribution in [3.8, 4) is 11.5 Å². The van der Waals surface area contributed by atoms with Crippen molar-refractivity contribution in [1.29, 1.82) is 0 Å². The fourth-order valence-electron chi connectivity index (χ4n) is 1.68. The van der Waals surface area contributed by atoms with Crippen LogP contribution in [-0.2, 0) is 6.54 Å². The highest BCUT2D eigenvalue weighted by molar-refractivity contribution is 6.35. The summed E-state index contributed by atoms with van der Waals surface area (Å²) in [5.74, 6) is 2.09. The predicted octanol–water partition coefficient (Wildman–Crippen LogP) is 2.34. The molecule has 0 spiro atoms. The van der Waals surface area contributed by atoms with Gasteiger partial charge in [-0.2, -0.15) is 0 Å². The number of methoxy groups -OCH3 is 2. The molecule has 0 bridgehead atoms. The van der Waals surface area contributed by atoms with Crippen molar-refractivity contribution in [2.24, 2.45) is 0 Å². The van der Waals surface area contributed by atoms with Gasteiger partial charge in [0.25, 0.3) is 0 Å². The number of benzene rings is 1. The summed E-state index contributed by atoms with van der Waals surface area (Å²) in [5.41, 5.74) is 6.61. The summed E-state index contributed by atoms with van der Waals surface area (Å²) >= 11 is 6.01. The summed E-state index contributed by atoms with van der Waals surface area (Å²) in [6, 6.07) is 5.64. The second-order valence-electron chi connectivity index (χ2n) is 3.96. The number of nitrogens with one attached hydrogen (secondary N) is 1. The van der Waals surface area contributed by atoms with E-state index >= 15 is 0 Å². The number of nitrogens with two attached hydrogens (primary N) is 1. The van der Waals surface area contributed by atoms with Gasteiger partial charge in [0.15, 0.2) is 17.3 Å². The van der Waals surface area contributed by atoms with Crippen LogP contribution in [0.2, 0.25) is 5.02 Å². The van der Waals surface area contributed by atoms with Crippen molar-refractivity contribution < 1.29 is 9.47 Å². The zero-order valence-corrected chi connectivity index (χ0v) is 11.9. The molecule has 106 valence electrons. The van der Waals surface area contributed by atoms with E-state index in [0.717, 1.165) is 5.56 Å². The van der Waals surface area contributed by atoms with E-state index in [1.165, 1.54) is 6.33 Å². The molecule has 0 saturated carbocycles. The Bertz CT molecular complexity index is 607. The largest absolute Gasteiger partial charge is 0.493 e. The molecule has 0 fully saturated rings.